The van der Waals surface area contributed by atoms with Crippen LogP contribution in [0.1, 0.15) is 27.0 Å². The molecule has 0 spiro atoms. The maximum absolute atomic E-state index is 11.5. The van der Waals surface area contributed by atoms with E-state index in [1.807, 2.05) is 6.08 Å². The second-order valence-corrected chi connectivity index (χ2v) is 3.38. The van der Waals surface area contributed by atoms with Gasteiger partial charge in [0.15, 0.2) is 5.78 Å². The highest BCUT2D eigenvalue weighted by Gasteiger charge is 2.27. The van der Waals surface area contributed by atoms with Crippen LogP contribution in [0.2, 0.25) is 0 Å². The lowest BCUT2D eigenvalue weighted by molar-refractivity contribution is 0.104. The summed E-state index contributed by atoms with van der Waals surface area (Å²) in [5.41, 5.74) is 4.85. The number of rotatable bonds is 0. The van der Waals surface area contributed by atoms with E-state index in [4.69, 9.17) is 0 Å². The van der Waals surface area contributed by atoms with Gasteiger partial charge in [-0.25, -0.2) is 0 Å². The highest BCUT2D eigenvalue weighted by atomic mass is 16.1. The van der Waals surface area contributed by atoms with E-state index in [2.05, 4.69) is 12.1 Å². The third-order valence-electron chi connectivity index (χ3n) is 2.59. The first-order valence-electron chi connectivity index (χ1n) is 4.21. The number of ketones is 1. The predicted octanol–water partition coefficient (Wildman–Crippen LogP) is 1.89. The Balaban J connectivity index is 2.31. The average Bonchev–Trinajstić information content (AvgIpc) is 2.82. The molecule has 0 heterocycles. The predicted molar refractivity (Wildman–Crippen MR) is 46.4 cm³/mol. The van der Waals surface area contributed by atoms with Crippen LogP contribution in [-0.2, 0) is 12.8 Å². The summed E-state index contributed by atoms with van der Waals surface area (Å²) in [4.78, 5) is 11.5. The van der Waals surface area contributed by atoms with Crippen molar-refractivity contribution in [3.63, 3.8) is 0 Å². The van der Waals surface area contributed by atoms with Crippen LogP contribution in [-0.4, -0.2) is 5.78 Å². The number of allylic oxidation sites excluding steroid dienone is 2. The molecule has 1 nitrogen and oxygen atoms in total. The van der Waals surface area contributed by atoms with E-state index in [1.165, 1.54) is 16.7 Å². The number of hydrogen-bond acceptors (Lipinski definition) is 1. The number of hydrogen-bond donors (Lipinski definition) is 0. The molecule has 1 aromatic rings. The molecule has 3 rings (SSSR count). The summed E-state index contributed by atoms with van der Waals surface area (Å²) in [6, 6.07) is 4.23. The van der Waals surface area contributed by atoms with E-state index in [1.54, 1.807) is 6.08 Å². The molecule has 0 saturated carbocycles. The SMILES string of the molecule is O=C1C=CCc2ccc3c(c21)C3. The zero-order valence-electron chi connectivity index (χ0n) is 6.63. The maximum atomic E-state index is 11.5. The summed E-state index contributed by atoms with van der Waals surface area (Å²) in [6.07, 6.45) is 5.60. The van der Waals surface area contributed by atoms with Crippen molar-refractivity contribution in [2.24, 2.45) is 0 Å². The van der Waals surface area contributed by atoms with E-state index in [0.717, 1.165) is 18.4 Å². The Hall–Kier alpha value is -1.37. The van der Waals surface area contributed by atoms with Crippen LogP contribution in [0.4, 0.5) is 0 Å². The molecule has 0 atom stereocenters. The second kappa shape index (κ2) is 1.86. The summed E-state index contributed by atoms with van der Waals surface area (Å²) in [5.74, 6) is 0.200. The topological polar surface area (TPSA) is 17.1 Å². The Morgan fingerprint density at radius 2 is 2.00 bits per heavy atom. The van der Waals surface area contributed by atoms with Gasteiger partial charge in [-0.05, 0) is 35.6 Å². The molecule has 0 aliphatic heterocycles. The van der Waals surface area contributed by atoms with Crippen molar-refractivity contribution < 1.29 is 4.79 Å². The lowest BCUT2D eigenvalue weighted by Crippen LogP contribution is -2.04. The Morgan fingerprint density at radius 3 is 2.92 bits per heavy atom. The minimum atomic E-state index is 0.200. The van der Waals surface area contributed by atoms with Gasteiger partial charge in [0.2, 0.25) is 0 Å². The van der Waals surface area contributed by atoms with Crippen molar-refractivity contribution in [3.05, 3.63) is 46.5 Å². The summed E-state index contributed by atoms with van der Waals surface area (Å²) >= 11 is 0. The van der Waals surface area contributed by atoms with Crippen LogP contribution >= 0.6 is 0 Å². The summed E-state index contributed by atoms with van der Waals surface area (Å²) in [5, 5.41) is 0. The highest BCUT2D eigenvalue weighted by Crippen LogP contribution is 2.35. The third kappa shape index (κ3) is 0.658. The molecule has 0 saturated heterocycles. The molecule has 12 heavy (non-hydrogen) atoms. The van der Waals surface area contributed by atoms with E-state index >= 15 is 0 Å². The van der Waals surface area contributed by atoms with Crippen molar-refractivity contribution in [1.82, 2.24) is 0 Å². The molecule has 0 N–H and O–H groups in total. The van der Waals surface area contributed by atoms with Crippen LogP contribution in [0.3, 0.4) is 0 Å². The molecule has 2 aliphatic carbocycles. The largest absolute Gasteiger partial charge is 0.289 e. The fourth-order valence-corrected chi connectivity index (χ4v) is 1.89. The summed E-state index contributed by atoms with van der Waals surface area (Å²) < 4.78 is 0. The van der Waals surface area contributed by atoms with E-state index in [9.17, 15) is 4.79 Å². The number of carbonyl (C=O) groups is 1. The zero-order chi connectivity index (χ0) is 8.13. The Morgan fingerprint density at radius 1 is 1.17 bits per heavy atom. The molecule has 0 fully saturated rings. The highest BCUT2D eigenvalue weighted by molar-refractivity contribution is 6.09. The van der Waals surface area contributed by atoms with Gasteiger partial charge in [0.25, 0.3) is 0 Å². The molecular formula is C11H8O. The molecule has 1 aromatic carbocycles. The normalized spacial score (nSPS) is 17.2. The van der Waals surface area contributed by atoms with E-state index in [0.29, 0.717) is 0 Å². The van der Waals surface area contributed by atoms with E-state index in [-0.39, 0.29) is 5.78 Å². The molecule has 1 heteroatoms. The van der Waals surface area contributed by atoms with Crippen molar-refractivity contribution in [3.8, 4) is 0 Å². The van der Waals surface area contributed by atoms with Gasteiger partial charge in [-0.15, -0.1) is 0 Å². The molecule has 2 aliphatic rings. The van der Waals surface area contributed by atoms with Crippen LogP contribution in [0, 0.1) is 0 Å². The summed E-state index contributed by atoms with van der Waals surface area (Å²) in [7, 11) is 0. The van der Waals surface area contributed by atoms with Gasteiger partial charge >= 0.3 is 0 Å². The minimum absolute atomic E-state index is 0.200. The molecule has 0 unspecified atom stereocenters. The van der Waals surface area contributed by atoms with Gasteiger partial charge in [0, 0.05) is 5.56 Å². The minimum Gasteiger partial charge on any atom is -0.289 e. The molecule has 0 bridgehead atoms. The number of carbonyl (C=O) groups excluding carboxylic acids is 1. The quantitative estimate of drug-likeness (QED) is 0.569. The monoisotopic (exact) mass is 156 g/mol. The van der Waals surface area contributed by atoms with Crippen LogP contribution < -0.4 is 0 Å². The smallest absolute Gasteiger partial charge is 0.186 e. The van der Waals surface area contributed by atoms with E-state index < -0.39 is 0 Å². The van der Waals surface area contributed by atoms with Crippen molar-refractivity contribution in [2.45, 2.75) is 12.8 Å². The lowest BCUT2D eigenvalue weighted by Gasteiger charge is -2.07. The summed E-state index contributed by atoms with van der Waals surface area (Å²) in [6.45, 7) is 0. The average molecular weight is 156 g/mol. The van der Waals surface area contributed by atoms with Gasteiger partial charge in [-0.3, -0.25) is 4.79 Å². The standard InChI is InChI=1S/C11H8O/c12-10-3-1-2-7-4-5-8-6-9(8)11(7)10/h1,3-5H,2,6H2. The molecule has 58 valence electrons. The molecular weight excluding hydrogens is 148 g/mol. The first-order valence-corrected chi connectivity index (χ1v) is 4.21. The van der Waals surface area contributed by atoms with Gasteiger partial charge in [-0.1, -0.05) is 18.2 Å². The maximum Gasteiger partial charge on any atom is 0.186 e. The van der Waals surface area contributed by atoms with Gasteiger partial charge in [0.1, 0.15) is 0 Å². The Labute approximate surface area is 70.7 Å². The fourth-order valence-electron chi connectivity index (χ4n) is 1.89. The fraction of sp³-hybridized carbons (Fsp3) is 0.182. The second-order valence-electron chi connectivity index (χ2n) is 3.38. The van der Waals surface area contributed by atoms with Crippen LogP contribution in [0.5, 0.6) is 0 Å². The Kier molecular flexibility index (Phi) is 0.959. The molecule has 0 aromatic heterocycles. The lowest BCUT2D eigenvalue weighted by atomic mass is 9.96. The third-order valence-corrected chi connectivity index (χ3v) is 2.59. The van der Waals surface area contributed by atoms with Crippen molar-refractivity contribution in [2.75, 3.05) is 0 Å². The molecule has 0 radical (unpaired) electrons. The first kappa shape index (κ1) is 6.18. The number of fused-ring (bicyclic) bond motifs is 3. The number of benzene rings is 1. The van der Waals surface area contributed by atoms with Gasteiger partial charge in [0.05, 0.1) is 0 Å². The van der Waals surface area contributed by atoms with Gasteiger partial charge in [-0.2, -0.15) is 0 Å². The zero-order valence-corrected chi connectivity index (χ0v) is 6.63. The first-order chi connectivity index (χ1) is 5.86. The van der Waals surface area contributed by atoms with Crippen LogP contribution in [0.25, 0.3) is 0 Å². The van der Waals surface area contributed by atoms with Crippen LogP contribution in [0.15, 0.2) is 24.3 Å². The van der Waals surface area contributed by atoms with Crippen molar-refractivity contribution in [1.29, 1.82) is 0 Å². The Bertz CT molecular complexity index is 413. The van der Waals surface area contributed by atoms with Gasteiger partial charge < -0.3 is 0 Å². The molecule has 0 amide bonds. The van der Waals surface area contributed by atoms with Crippen molar-refractivity contribution >= 4 is 5.78 Å².